The third-order valence-electron chi connectivity index (χ3n) is 6.22. The van der Waals surface area contributed by atoms with Crippen LogP contribution in [0.5, 0.6) is 0 Å². The molecule has 0 bridgehead atoms. The molecule has 3 N–H and O–H groups in total. The number of nitrogens with one attached hydrogen (secondary N) is 1. The number of nitrogens with zero attached hydrogens (tertiary/aromatic N) is 2. The third kappa shape index (κ3) is 6.02. The average Bonchev–Trinajstić information content (AvgIpc) is 3.07. The average molecular weight is 478 g/mol. The zero-order chi connectivity index (χ0) is 23.4. The van der Waals surface area contributed by atoms with Gasteiger partial charge in [-0.2, -0.15) is 0 Å². The molecule has 0 unspecified atom stereocenters. The maximum Gasteiger partial charge on any atom is 0.225 e. The van der Waals surface area contributed by atoms with Crippen molar-refractivity contribution in [3.8, 4) is 0 Å². The van der Waals surface area contributed by atoms with Crippen LogP contribution in [0.15, 0.2) is 48.5 Å². The van der Waals surface area contributed by atoms with Crippen molar-refractivity contribution in [3.63, 3.8) is 0 Å². The topological polar surface area (TPSA) is 85.3 Å². The molecular weight excluding hydrogens is 449 g/mol. The minimum atomic E-state index is -1.12. The molecular formula is C24H29ClFN3O4. The number of benzene rings is 2. The maximum atomic E-state index is 13.1. The van der Waals surface area contributed by atoms with Gasteiger partial charge in [-0.1, -0.05) is 23.7 Å². The first-order valence-electron chi connectivity index (χ1n) is 11.2. The van der Waals surface area contributed by atoms with E-state index in [1.165, 1.54) is 12.1 Å². The summed E-state index contributed by atoms with van der Waals surface area (Å²) in [4.78, 5) is 16.6. The van der Waals surface area contributed by atoms with Gasteiger partial charge in [0.05, 0.1) is 18.6 Å². The first-order chi connectivity index (χ1) is 15.9. The minimum Gasteiger partial charge on any atom is -0.388 e. The summed E-state index contributed by atoms with van der Waals surface area (Å²) in [7, 11) is 0. The monoisotopic (exact) mass is 477 g/mol. The summed E-state index contributed by atoms with van der Waals surface area (Å²) in [5.74, 6) is -0.389. The molecule has 2 heterocycles. The molecule has 178 valence electrons. The van der Waals surface area contributed by atoms with Gasteiger partial charge < -0.3 is 30.1 Å². The van der Waals surface area contributed by atoms with Gasteiger partial charge >= 0.3 is 0 Å². The molecule has 0 aromatic heterocycles. The predicted octanol–water partition coefficient (Wildman–Crippen LogP) is 1.80. The number of aliphatic hydroxyl groups is 2. The van der Waals surface area contributed by atoms with Crippen LogP contribution in [0.3, 0.4) is 0 Å². The van der Waals surface area contributed by atoms with E-state index in [0.29, 0.717) is 44.3 Å². The summed E-state index contributed by atoms with van der Waals surface area (Å²) in [5, 5.41) is 24.6. The number of aliphatic hydroxyl groups excluding tert-OH is 2. The van der Waals surface area contributed by atoms with Crippen molar-refractivity contribution < 1.29 is 24.1 Å². The molecule has 33 heavy (non-hydrogen) atoms. The summed E-state index contributed by atoms with van der Waals surface area (Å²) in [6.45, 7) is 3.24. The smallest absolute Gasteiger partial charge is 0.225 e. The second kappa shape index (κ2) is 10.8. The van der Waals surface area contributed by atoms with E-state index in [2.05, 4.69) is 10.2 Å². The summed E-state index contributed by atoms with van der Waals surface area (Å²) in [6, 6.07) is 13.8. The number of ether oxygens (including phenoxy) is 1. The molecule has 0 saturated carbocycles. The summed E-state index contributed by atoms with van der Waals surface area (Å²) >= 11 is 5.99. The van der Waals surface area contributed by atoms with E-state index in [-0.39, 0.29) is 18.1 Å². The molecule has 0 radical (unpaired) electrons. The van der Waals surface area contributed by atoms with Crippen LogP contribution in [-0.4, -0.2) is 78.2 Å². The highest BCUT2D eigenvalue weighted by Crippen LogP contribution is 2.25. The molecule has 7 nitrogen and oxygen atoms in total. The van der Waals surface area contributed by atoms with Crippen LogP contribution < -0.4 is 10.2 Å². The Morgan fingerprint density at radius 2 is 1.76 bits per heavy atom. The highest BCUT2D eigenvalue weighted by Gasteiger charge is 2.43. The summed E-state index contributed by atoms with van der Waals surface area (Å²) in [6.07, 6.45) is -3.52. The molecule has 2 saturated heterocycles. The van der Waals surface area contributed by atoms with Crippen molar-refractivity contribution in [2.75, 3.05) is 37.6 Å². The van der Waals surface area contributed by atoms with Gasteiger partial charge in [-0.15, -0.1) is 0 Å². The lowest BCUT2D eigenvalue weighted by molar-refractivity contribution is -0.135. The van der Waals surface area contributed by atoms with Crippen molar-refractivity contribution >= 4 is 23.2 Å². The molecule has 0 aliphatic carbocycles. The van der Waals surface area contributed by atoms with Crippen molar-refractivity contribution in [3.05, 3.63) is 64.9 Å². The predicted molar refractivity (Wildman–Crippen MR) is 124 cm³/mol. The SMILES string of the molecule is O=C(C[C@@H]1O[C@@H](CNCc2cccc(Cl)c2)[C@@H](O)[C@H]1O)N1CCN(c2ccc(F)cc2)CC1. The highest BCUT2D eigenvalue weighted by molar-refractivity contribution is 6.30. The van der Waals surface area contributed by atoms with Gasteiger partial charge in [-0.3, -0.25) is 4.79 Å². The van der Waals surface area contributed by atoms with E-state index >= 15 is 0 Å². The Kier molecular flexibility index (Phi) is 7.82. The molecule has 2 fully saturated rings. The quantitative estimate of drug-likeness (QED) is 0.564. The van der Waals surface area contributed by atoms with Gasteiger partial charge in [-0.25, -0.2) is 4.39 Å². The molecule has 2 aromatic rings. The van der Waals surface area contributed by atoms with E-state index in [0.717, 1.165) is 11.3 Å². The Hall–Kier alpha value is -2.23. The van der Waals surface area contributed by atoms with E-state index in [4.69, 9.17) is 16.3 Å². The maximum absolute atomic E-state index is 13.1. The lowest BCUT2D eigenvalue weighted by Crippen LogP contribution is -2.49. The van der Waals surface area contributed by atoms with Gasteiger partial charge in [0.15, 0.2) is 0 Å². The fourth-order valence-corrected chi connectivity index (χ4v) is 4.55. The minimum absolute atomic E-state index is 0.0135. The highest BCUT2D eigenvalue weighted by atomic mass is 35.5. The molecule has 1 amide bonds. The Morgan fingerprint density at radius 1 is 1.06 bits per heavy atom. The fraction of sp³-hybridized carbons (Fsp3) is 0.458. The van der Waals surface area contributed by atoms with E-state index < -0.39 is 24.4 Å². The van der Waals surface area contributed by atoms with Gasteiger partial charge in [0, 0.05) is 50.0 Å². The summed E-state index contributed by atoms with van der Waals surface area (Å²) in [5.41, 5.74) is 1.93. The zero-order valence-corrected chi connectivity index (χ0v) is 19.0. The lowest BCUT2D eigenvalue weighted by atomic mass is 10.0. The van der Waals surface area contributed by atoms with Crippen molar-refractivity contribution in [2.45, 2.75) is 37.4 Å². The van der Waals surface area contributed by atoms with Crippen LogP contribution in [0.25, 0.3) is 0 Å². The number of anilines is 1. The van der Waals surface area contributed by atoms with Crippen molar-refractivity contribution in [1.29, 1.82) is 0 Å². The largest absolute Gasteiger partial charge is 0.388 e. The molecule has 0 spiro atoms. The number of hydrogen-bond donors (Lipinski definition) is 3. The van der Waals surface area contributed by atoms with E-state index in [9.17, 15) is 19.4 Å². The van der Waals surface area contributed by atoms with Crippen LogP contribution >= 0.6 is 11.6 Å². The number of rotatable bonds is 7. The number of carbonyl (C=O) groups is 1. The molecule has 2 aliphatic rings. The Balaban J connectivity index is 1.23. The first-order valence-corrected chi connectivity index (χ1v) is 11.5. The second-order valence-corrected chi connectivity index (χ2v) is 8.94. The fourth-order valence-electron chi connectivity index (χ4n) is 4.34. The lowest BCUT2D eigenvalue weighted by Gasteiger charge is -2.36. The molecule has 4 rings (SSSR count). The number of piperazine rings is 1. The van der Waals surface area contributed by atoms with E-state index in [1.54, 1.807) is 23.1 Å². The van der Waals surface area contributed by atoms with Crippen molar-refractivity contribution in [1.82, 2.24) is 10.2 Å². The Labute approximate surface area is 197 Å². The normalized spacial score (nSPS) is 25.5. The number of hydrogen-bond acceptors (Lipinski definition) is 6. The van der Waals surface area contributed by atoms with Gasteiger partial charge in [0.2, 0.25) is 5.91 Å². The second-order valence-electron chi connectivity index (χ2n) is 8.50. The van der Waals surface area contributed by atoms with Crippen molar-refractivity contribution in [2.24, 2.45) is 0 Å². The number of amides is 1. The van der Waals surface area contributed by atoms with Crippen LogP contribution in [0, 0.1) is 5.82 Å². The van der Waals surface area contributed by atoms with Crippen LogP contribution in [-0.2, 0) is 16.1 Å². The molecule has 2 aliphatic heterocycles. The summed E-state index contributed by atoms with van der Waals surface area (Å²) < 4.78 is 19.0. The van der Waals surface area contributed by atoms with Gasteiger partial charge in [-0.05, 0) is 42.0 Å². The Bertz CT molecular complexity index is 940. The van der Waals surface area contributed by atoms with Gasteiger partial charge in [0.1, 0.15) is 18.0 Å². The van der Waals surface area contributed by atoms with Gasteiger partial charge in [0.25, 0.3) is 0 Å². The first kappa shape index (κ1) is 23.9. The van der Waals surface area contributed by atoms with Crippen LogP contribution in [0.1, 0.15) is 12.0 Å². The third-order valence-corrected chi connectivity index (χ3v) is 6.46. The van der Waals surface area contributed by atoms with Crippen LogP contribution in [0.2, 0.25) is 5.02 Å². The van der Waals surface area contributed by atoms with E-state index in [1.807, 2.05) is 18.2 Å². The number of carbonyl (C=O) groups excluding carboxylic acids is 1. The molecule has 2 aromatic carbocycles. The molecule has 9 heteroatoms. The number of halogens is 2. The standard InChI is InChI=1S/C24H29ClFN3O4/c25-17-3-1-2-16(12-17)14-27-15-21-24(32)23(31)20(33-21)13-22(30)29-10-8-28(9-11-29)19-6-4-18(26)5-7-19/h1-7,12,20-21,23-24,27,31-32H,8-11,13-15H2/t20-,21-,23-,24+/m0/s1. The molecule has 4 atom stereocenters. The zero-order valence-electron chi connectivity index (χ0n) is 18.2. The van der Waals surface area contributed by atoms with Crippen LogP contribution in [0.4, 0.5) is 10.1 Å². The Morgan fingerprint density at radius 3 is 2.45 bits per heavy atom.